The quantitative estimate of drug-likeness (QED) is 0.668. The zero-order valence-electron chi connectivity index (χ0n) is 10.1. The highest BCUT2D eigenvalue weighted by atomic mass is 16.4. The van der Waals surface area contributed by atoms with Gasteiger partial charge in [0.1, 0.15) is 0 Å². The maximum absolute atomic E-state index is 11.9. The van der Waals surface area contributed by atoms with Crippen molar-refractivity contribution in [2.24, 2.45) is 0 Å². The van der Waals surface area contributed by atoms with Crippen LogP contribution >= 0.6 is 0 Å². The Bertz CT molecular complexity index is 283. The molecule has 1 aliphatic rings. The summed E-state index contributed by atoms with van der Waals surface area (Å²) >= 11 is 0. The number of aliphatic hydroxyl groups excluding tert-OH is 1. The van der Waals surface area contributed by atoms with Gasteiger partial charge in [-0.1, -0.05) is 6.92 Å². The number of urea groups is 1. The maximum atomic E-state index is 11.9. The fraction of sp³-hybridized carbons (Fsp3) is 0.818. The molecule has 1 aliphatic heterocycles. The standard InChI is InChI=1S/C11H20N2O4/c1-2-8-5-3-4-6-13(8)11(17)12-9(7-14)10(15)16/h8-9,14H,2-7H2,1H3,(H,12,17)(H,15,16)/t8?,9-/m1/s1. The van der Waals surface area contributed by atoms with Crippen molar-refractivity contribution < 1.29 is 19.8 Å². The molecular weight excluding hydrogens is 224 g/mol. The molecule has 0 aliphatic carbocycles. The number of carboxylic acids is 1. The molecule has 0 bridgehead atoms. The molecule has 0 aromatic carbocycles. The normalized spacial score (nSPS) is 22.0. The Balaban J connectivity index is 2.58. The lowest BCUT2D eigenvalue weighted by molar-refractivity contribution is -0.140. The van der Waals surface area contributed by atoms with Gasteiger partial charge in [-0.25, -0.2) is 9.59 Å². The number of likely N-dealkylation sites (tertiary alicyclic amines) is 1. The summed E-state index contributed by atoms with van der Waals surface area (Å²) in [7, 11) is 0. The number of amides is 2. The van der Waals surface area contributed by atoms with Gasteiger partial charge in [-0.3, -0.25) is 0 Å². The molecule has 2 atom stereocenters. The van der Waals surface area contributed by atoms with E-state index < -0.39 is 24.6 Å². The number of aliphatic carboxylic acids is 1. The molecule has 1 rings (SSSR count). The lowest BCUT2D eigenvalue weighted by Crippen LogP contribution is -2.53. The number of nitrogens with one attached hydrogen (secondary N) is 1. The second kappa shape index (κ2) is 6.44. The zero-order chi connectivity index (χ0) is 12.8. The minimum atomic E-state index is -1.22. The second-order valence-corrected chi connectivity index (χ2v) is 4.27. The average Bonchev–Trinajstić information content (AvgIpc) is 2.35. The van der Waals surface area contributed by atoms with Crippen molar-refractivity contribution in [1.29, 1.82) is 0 Å². The summed E-state index contributed by atoms with van der Waals surface area (Å²) in [5.41, 5.74) is 0. The Morgan fingerprint density at radius 2 is 2.18 bits per heavy atom. The summed E-state index contributed by atoms with van der Waals surface area (Å²) < 4.78 is 0. The number of hydrogen-bond acceptors (Lipinski definition) is 3. The van der Waals surface area contributed by atoms with E-state index in [-0.39, 0.29) is 6.04 Å². The predicted molar refractivity (Wildman–Crippen MR) is 61.7 cm³/mol. The summed E-state index contributed by atoms with van der Waals surface area (Å²) in [4.78, 5) is 24.3. The summed E-state index contributed by atoms with van der Waals surface area (Å²) in [5.74, 6) is -1.22. The minimum Gasteiger partial charge on any atom is -0.480 e. The van der Waals surface area contributed by atoms with Crippen molar-refractivity contribution in [3.63, 3.8) is 0 Å². The van der Waals surface area contributed by atoms with Crippen molar-refractivity contribution in [2.45, 2.75) is 44.7 Å². The van der Waals surface area contributed by atoms with Crippen LogP contribution in [0.15, 0.2) is 0 Å². The van der Waals surface area contributed by atoms with Crippen LogP contribution in [0.2, 0.25) is 0 Å². The molecule has 6 heteroatoms. The molecule has 1 unspecified atom stereocenters. The van der Waals surface area contributed by atoms with Crippen LogP contribution in [0.4, 0.5) is 4.79 Å². The van der Waals surface area contributed by atoms with E-state index in [0.29, 0.717) is 6.54 Å². The third kappa shape index (κ3) is 3.59. The first-order valence-corrected chi connectivity index (χ1v) is 6.01. The monoisotopic (exact) mass is 244 g/mol. The van der Waals surface area contributed by atoms with E-state index in [0.717, 1.165) is 25.7 Å². The van der Waals surface area contributed by atoms with Crippen molar-refractivity contribution in [3.8, 4) is 0 Å². The molecule has 0 saturated carbocycles. The molecule has 17 heavy (non-hydrogen) atoms. The fourth-order valence-corrected chi connectivity index (χ4v) is 2.11. The summed E-state index contributed by atoms with van der Waals surface area (Å²) in [6.45, 7) is 2.07. The Morgan fingerprint density at radius 3 is 2.71 bits per heavy atom. The summed E-state index contributed by atoms with van der Waals surface area (Å²) in [5, 5.41) is 19.9. The van der Waals surface area contributed by atoms with Crippen molar-refractivity contribution in [3.05, 3.63) is 0 Å². The average molecular weight is 244 g/mol. The van der Waals surface area contributed by atoms with E-state index >= 15 is 0 Å². The van der Waals surface area contributed by atoms with Gasteiger partial charge in [-0.15, -0.1) is 0 Å². The smallest absolute Gasteiger partial charge is 0.328 e. The molecule has 98 valence electrons. The molecule has 0 spiro atoms. The molecule has 1 fully saturated rings. The van der Waals surface area contributed by atoms with E-state index in [4.69, 9.17) is 10.2 Å². The number of carbonyl (C=O) groups is 2. The van der Waals surface area contributed by atoms with Gasteiger partial charge in [0.25, 0.3) is 0 Å². The Hall–Kier alpha value is -1.30. The summed E-state index contributed by atoms with van der Waals surface area (Å²) in [6.07, 6.45) is 3.87. The van der Waals surface area contributed by atoms with E-state index in [2.05, 4.69) is 5.32 Å². The molecule has 6 nitrogen and oxygen atoms in total. The second-order valence-electron chi connectivity index (χ2n) is 4.27. The van der Waals surface area contributed by atoms with Gasteiger partial charge >= 0.3 is 12.0 Å². The van der Waals surface area contributed by atoms with Crippen LogP contribution in [0.3, 0.4) is 0 Å². The molecule has 3 N–H and O–H groups in total. The first-order chi connectivity index (χ1) is 8.10. The molecule has 1 heterocycles. The van der Waals surface area contributed by atoms with Crippen molar-refractivity contribution >= 4 is 12.0 Å². The number of aliphatic hydroxyl groups is 1. The van der Waals surface area contributed by atoms with Crippen molar-refractivity contribution in [2.75, 3.05) is 13.2 Å². The number of piperidine rings is 1. The molecule has 1 saturated heterocycles. The SMILES string of the molecule is CCC1CCCCN1C(=O)N[C@H](CO)C(=O)O. The number of carbonyl (C=O) groups excluding carboxylic acids is 1. The van der Waals surface area contributed by atoms with Crippen molar-refractivity contribution in [1.82, 2.24) is 10.2 Å². The van der Waals surface area contributed by atoms with E-state index in [1.54, 1.807) is 4.90 Å². The highest BCUT2D eigenvalue weighted by Gasteiger charge is 2.28. The lowest BCUT2D eigenvalue weighted by Gasteiger charge is -2.35. The third-order valence-electron chi connectivity index (χ3n) is 3.14. The van der Waals surface area contributed by atoms with Gasteiger partial charge in [0.05, 0.1) is 6.61 Å². The number of carboxylic acid groups (broad SMARTS) is 1. The van der Waals surface area contributed by atoms with Gasteiger partial charge in [-0.2, -0.15) is 0 Å². The Morgan fingerprint density at radius 1 is 1.47 bits per heavy atom. The molecule has 2 amide bonds. The van der Waals surface area contributed by atoms with Crippen LogP contribution in [-0.4, -0.2) is 52.3 Å². The molecule has 0 aromatic heterocycles. The topological polar surface area (TPSA) is 89.9 Å². The van der Waals surface area contributed by atoms with Gasteiger partial charge < -0.3 is 20.4 Å². The third-order valence-corrected chi connectivity index (χ3v) is 3.14. The number of rotatable bonds is 4. The largest absolute Gasteiger partial charge is 0.480 e. The van der Waals surface area contributed by atoms with Crippen LogP contribution in [0, 0.1) is 0 Å². The van der Waals surface area contributed by atoms with E-state index in [1.165, 1.54) is 0 Å². The zero-order valence-corrected chi connectivity index (χ0v) is 10.1. The van der Waals surface area contributed by atoms with Gasteiger partial charge in [-0.05, 0) is 25.7 Å². The number of hydrogen-bond donors (Lipinski definition) is 3. The van der Waals surface area contributed by atoms with E-state index in [1.807, 2.05) is 6.92 Å². The van der Waals surface area contributed by atoms with Crippen LogP contribution in [0.5, 0.6) is 0 Å². The highest BCUT2D eigenvalue weighted by molar-refractivity contribution is 5.82. The Kier molecular flexibility index (Phi) is 5.21. The first-order valence-electron chi connectivity index (χ1n) is 6.01. The van der Waals surface area contributed by atoms with Crippen LogP contribution < -0.4 is 5.32 Å². The van der Waals surface area contributed by atoms with Gasteiger partial charge in [0.15, 0.2) is 6.04 Å². The van der Waals surface area contributed by atoms with Gasteiger partial charge in [0, 0.05) is 12.6 Å². The predicted octanol–water partition coefficient (Wildman–Crippen LogP) is 0.406. The highest BCUT2D eigenvalue weighted by Crippen LogP contribution is 2.19. The van der Waals surface area contributed by atoms with Gasteiger partial charge in [0.2, 0.25) is 0 Å². The molecular formula is C11H20N2O4. The van der Waals surface area contributed by atoms with Crippen LogP contribution in [0.1, 0.15) is 32.6 Å². The lowest BCUT2D eigenvalue weighted by atomic mass is 10.0. The van der Waals surface area contributed by atoms with E-state index in [9.17, 15) is 9.59 Å². The Labute approximate surface area is 101 Å². The molecule has 0 aromatic rings. The minimum absolute atomic E-state index is 0.178. The van der Waals surface area contributed by atoms with Crippen LogP contribution in [0.25, 0.3) is 0 Å². The fourth-order valence-electron chi connectivity index (χ4n) is 2.11. The first kappa shape index (κ1) is 13.8. The summed E-state index contributed by atoms with van der Waals surface area (Å²) in [6, 6.07) is -1.43. The van der Waals surface area contributed by atoms with Crippen LogP contribution in [-0.2, 0) is 4.79 Å². The maximum Gasteiger partial charge on any atom is 0.328 e. The molecule has 0 radical (unpaired) electrons. The number of nitrogens with zero attached hydrogens (tertiary/aromatic N) is 1.